The van der Waals surface area contributed by atoms with Crippen molar-refractivity contribution in [3.63, 3.8) is 0 Å². The van der Waals surface area contributed by atoms with Crippen LogP contribution in [0.1, 0.15) is 44.9 Å². The maximum absolute atomic E-state index is 12.5. The van der Waals surface area contributed by atoms with Crippen LogP contribution in [0.15, 0.2) is 0 Å². The molecule has 0 aromatic carbocycles. The summed E-state index contributed by atoms with van der Waals surface area (Å²) in [6.07, 6.45) is 8.02. The van der Waals surface area contributed by atoms with Gasteiger partial charge in [-0.25, -0.2) is 0 Å². The first-order valence-electron chi connectivity index (χ1n) is 7.98. The van der Waals surface area contributed by atoms with Crippen molar-refractivity contribution < 1.29 is 9.53 Å². The van der Waals surface area contributed by atoms with Gasteiger partial charge >= 0.3 is 0 Å². The quantitative estimate of drug-likeness (QED) is 0.824. The summed E-state index contributed by atoms with van der Waals surface area (Å²) < 4.78 is 5.65. The van der Waals surface area contributed by atoms with Gasteiger partial charge in [0.2, 0.25) is 0 Å². The number of amides is 1. The van der Waals surface area contributed by atoms with Crippen LogP contribution in [0, 0.1) is 5.92 Å². The molecule has 3 unspecified atom stereocenters. The van der Waals surface area contributed by atoms with Crippen molar-refractivity contribution >= 4 is 5.91 Å². The zero-order chi connectivity index (χ0) is 13.1. The van der Waals surface area contributed by atoms with E-state index in [0.29, 0.717) is 12.0 Å². The fourth-order valence-corrected chi connectivity index (χ4v) is 3.79. The topological polar surface area (TPSA) is 41.6 Å². The smallest absolute Gasteiger partial charge is 0.251 e. The van der Waals surface area contributed by atoms with Crippen LogP contribution in [0.5, 0.6) is 0 Å². The molecular formula is C15H26N2O2. The van der Waals surface area contributed by atoms with Crippen LogP contribution in [0.2, 0.25) is 0 Å². The van der Waals surface area contributed by atoms with Crippen molar-refractivity contribution in [1.29, 1.82) is 0 Å². The van der Waals surface area contributed by atoms with Gasteiger partial charge in [-0.05, 0) is 57.4 Å². The number of piperidine rings is 1. The van der Waals surface area contributed by atoms with E-state index in [1.165, 1.54) is 19.3 Å². The molecule has 3 aliphatic heterocycles. The number of rotatable bonds is 2. The van der Waals surface area contributed by atoms with Crippen molar-refractivity contribution in [2.45, 2.75) is 57.1 Å². The summed E-state index contributed by atoms with van der Waals surface area (Å²) in [6, 6.07) is 0.642. The lowest BCUT2D eigenvalue weighted by Crippen LogP contribution is -2.49. The number of hydrogen-bond acceptors (Lipinski definition) is 3. The molecule has 0 bridgehead atoms. The molecule has 0 radical (unpaired) electrons. The number of hydrogen-bond donors (Lipinski definition) is 1. The number of carbonyl (C=O) groups is 1. The summed E-state index contributed by atoms with van der Waals surface area (Å²) >= 11 is 0. The van der Waals surface area contributed by atoms with Crippen LogP contribution < -0.4 is 5.32 Å². The molecule has 3 rings (SSSR count). The van der Waals surface area contributed by atoms with Crippen LogP contribution in [-0.2, 0) is 9.53 Å². The van der Waals surface area contributed by atoms with Gasteiger partial charge in [0.15, 0.2) is 0 Å². The highest BCUT2D eigenvalue weighted by molar-refractivity contribution is 5.81. The molecule has 1 N–H and O–H groups in total. The molecule has 0 saturated carbocycles. The summed E-state index contributed by atoms with van der Waals surface area (Å²) in [4.78, 5) is 14.6. The van der Waals surface area contributed by atoms with E-state index in [9.17, 15) is 4.79 Å². The van der Waals surface area contributed by atoms with Gasteiger partial charge in [0.1, 0.15) is 6.10 Å². The van der Waals surface area contributed by atoms with E-state index in [-0.39, 0.29) is 12.0 Å². The van der Waals surface area contributed by atoms with Crippen LogP contribution in [-0.4, -0.2) is 49.2 Å². The molecule has 3 fully saturated rings. The minimum atomic E-state index is -0.149. The predicted molar refractivity (Wildman–Crippen MR) is 73.9 cm³/mol. The molecule has 108 valence electrons. The number of nitrogens with zero attached hydrogens (tertiary/aromatic N) is 1. The summed E-state index contributed by atoms with van der Waals surface area (Å²) in [7, 11) is 0. The van der Waals surface area contributed by atoms with E-state index in [1.54, 1.807) is 0 Å². The molecule has 3 saturated heterocycles. The molecule has 1 amide bonds. The highest BCUT2D eigenvalue weighted by Gasteiger charge is 2.34. The number of carbonyl (C=O) groups excluding carboxylic acids is 1. The Morgan fingerprint density at radius 1 is 1.11 bits per heavy atom. The van der Waals surface area contributed by atoms with Crippen LogP contribution >= 0.6 is 0 Å². The first-order valence-corrected chi connectivity index (χ1v) is 7.98. The SMILES string of the molecule is O=C(C1CCCCO1)N1CCCC(C2CCCN2)C1. The van der Waals surface area contributed by atoms with Crippen LogP contribution in [0.3, 0.4) is 0 Å². The Morgan fingerprint density at radius 3 is 2.79 bits per heavy atom. The zero-order valence-corrected chi connectivity index (χ0v) is 11.8. The second-order valence-electron chi connectivity index (χ2n) is 6.24. The zero-order valence-electron chi connectivity index (χ0n) is 11.8. The fourth-order valence-electron chi connectivity index (χ4n) is 3.79. The molecule has 3 heterocycles. The first kappa shape index (κ1) is 13.4. The highest BCUT2D eigenvalue weighted by Crippen LogP contribution is 2.26. The molecule has 0 aromatic heterocycles. The predicted octanol–water partition coefficient (Wildman–Crippen LogP) is 1.55. The summed E-state index contributed by atoms with van der Waals surface area (Å²) in [5.41, 5.74) is 0. The first-order chi connectivity index (χ1) is 9.34. The fraction of sp³-hybridized carbons (Fsp3) is 0.933. The molecular weight excluding hydrogens is 240 g/mol. The Hall–Kier alpha value is -0.610. The van der Waals surface area contributed by atoms with Crippen molar-refractivity contribution in [3.8, 4) is 0 Å². The monoisotopic (exact) mass is 266 g/mol. The maximum atomic E-state index is 12.5. The van der Waals surface area contributed by atoms with Crippen molar-refractivity contribution in [1.82, 2.24) is 10.2 Å². The Morgan fingerprint density at radius 2 is 2.05 bits per heavy atom. The highest BCUT2D eigenvalue weighted by atomic mass is 16.5. The molecule has 4 nitrogen and oxygen atoms in total. The Kier molecular flexibility index (Phi) is 4.38. The van der Waals surface area contributed by atoms with Crippen molar-refractivity contribution in [3.05, 3.63) is 0 Å². The molecule has 19 heavy (non-hydrogen) atoms. The van der Waals surface area contributed by atoms with Gasteiger partial charge in [-0.1, -0.05) is 0 Å². The van der Waals surface area contributed by atoms with E-state index in [4.69, 9.17) is 4.74 Å². The second-order valence-corrected chi connectivity index (χ2v) is 6.24. The molecule has 3 atom stereocenters. The minimum absolute atomic E-state index is 0.149. The van der Waals surface area contributed by atoms with Gasteiger partial charge in [0.25, 0.3) is 5.91 Å². The maximum Gasteiger partial charge on any atom is 0.251 e. The second kappa shape index (κ2) is 6.23. The lowest BCUT2D eigenvalue weighted by atomic mass is 9.89. The molecule has 4 heteroatoms. The average molecular weight is 266 g/mol. The molecule has 3 aliphatic rings. The van der Waals surface area contributed by atoms with Gasteiger partial charge in [0, 0.05) is 25.7 Å². The number of ether oxygens (including phenoxy) is 1. The number of nitrogens with one attached hydrogen (secondary N) is 1. The lowest BCUT2D eigenvalue weighted by Gasteiger charge is -2.38. The third-order valence-electron chi connectivity index (χ3n) is 4.89. The van der Waals surface area contributed by atoms with Gasteiger partial charge in [-0.2, -0.15) is 0 Å². The van der Waals surface area contributed by atoms with Gasteiger partial charge in [-0.3, -0.25) is 4.79 Å². The van der Waals surface area contributed by atoms with E-state index >= 15 is 0 Å². The average Bonchev–Trinajstić information content (AvgIpc) is 3.02. The van der Waals surface area contributed by atoms with E-state index < -0.39 is 0 Å². The molecule has 0 aromatic rings. The molecule has 0 spiro atoms. The van der Waals surface area contributed by atoms with Gasteiger partial charge in [0.05, 0.1) is 0 Å². The summed E-state index contributed by atoms with van der Waals surface area (Å²) in [5, 5.41) is 3.60. The third-order valence-corrected chi connectivity index (χ3v) is 4.89. The number of likely N-dealkylation sites (tertiary alicyclic amines) is 1. The normalized spacial score (nSPS) is 36.4. The van der Waals surface area contributed by atoms with Gasteiger partial charge in [-0.15, -0.1) is 0 Å². The largest absolute Gasteiger partial charge is 0.368 e. The minimum Gasteiger partial charge on any atom is -0.368 e. The van der Waals surface area contributed by atoms with Crippen LogP contribution in [0.4, 0.5) is 0 Å². The summed E-state index contributed by atoms with van der Waals surface area (Å²) in [6.45, 7) is 3.79. The Labute approximate surface area is 115 Å². The standard InChI is InChI=1S/C15H26N2O2/c18-15(14-7-1-2-10-19-14)17-9-4-5-12(11-17)13-6-3-8-16-13/h12-14,16H,1-11H2. The van der Waals surface area contributed by atoms with E-state index in [1.807, 2.05) is 0 Å². The van der Waals surface area contributed by atoms with E-state index in [2.05, 4.69) is 10.2 Å². The Bertz CT molecular complexity index is 309. The van der Waals surface area contributed by atoms with Crippen molar-refractivity contribution in [2.75, 3.05) is 26.2 Å². The van der Waals surface area contributed by atoms with Crippen LogP contribution in [0.25, 0.3) is 0 Å². The van der Waals surface area contributed by atoms with Gasteiger partial charge < -0.3 is 15.0 Å². The molecule has 0 aliphatic carbocycles. The summed E-state index contributed by atoms with van der Waals surface area (Å²) in [5.74, 6) is 0.909. The lowest BCUT2D eigenvalue weighted by molar-refractivity contribution is -0.148. The third kappa shape index (κ3) is 3.11. The van der Waals surface area contributed by atoms with E-state index in [0.717, 1.165) is 51.9 Å². The Balaban J connectivity index is 1.56. The van der Waals surface area contributed by atoms with Crippen molar-refractivity contribution in [2.24, 2.45) is 5.92 Å².